The fraction of sp³-hybridized carbons (Fsp3) is 0.444. The number of esters is 1. The number of imide groups is 1. The lowest BCUT2D eigenvalue weighted by Crippen LogP contribution is -2.46. The van der Waals surface area contributed by atoms with E-state index in [2.05, 4.69) is 10.6 Å². The van der Waals surface area contributed by atoms with E-state index < -0.39 is 46.9 Å². The highest BCUT2D eigenvalue weighted by molar-refractivity contribution is 6.33. The van der Waals surface area contributed by atoms with Crippen LogP contribution in [0.2, 0.25) is 5.02 Å². The maximum atomic E-state index is 12.5. The highest BCUT2D eigenvalue weighted by Gasteiger charge is 2.49. The summed E-state index contributed by atoms with van der Waals surface area (Å²) in [5.74, 6) is -2.29. The molecular formula is C18H21ClN4O7. The summed E-state index contributed by atoms with van der Waals surface area (Å²) in [5, 5.41) is 15.8. The second kappa shape index (κ2) is 9.08. The Morgan fingerprint density at radius 2 is 1.97 bits per heavy atom. The standard InChI is InChI=1S/C18H21ClN4O7/c1-4-18(5-2)16(26)22(17(27)21-18)9-14(24)30-10(3)15(25)20-13-8-11(23(28)29)6-7-12(13)19/h6-8,10H,4-5,9H2,1-3H3,(H,20,25)(H,21,27). The van der Waals surface area contributed by atoms with E-state index in [1.165, 1.54) is 19.1 Å². The summed E-state index contributed by atoms with van der Waals surface area (Å²) in [6.45, 7) is 4.11. The molecule has 1 aromatic rings. The van der Waals surface area contributed by atoms with Crippen molar-refractivity contribution in [2.45, 2.75) is 45.3 Å². The second-order valence-corrected chi connectivity index (χ2v) is 7.06. The van der Waals surface area contributed by atoms with Crippen LogP contribution in [-0.4, -0.2) is 51.8 Å². The van der Waals surface area contributed by atoms with Crippen molar-refractivity contribution in [1.82, 2.24) is 10.2 Å². The Morgan fingerprint density at radius 3 is 2.50 bits per heavy atom. The molecule has 1 aliphatic rings. The van der Waals surface area contributed by atoms with Crippen LogP contribution in [0.3, 0.4) is 0 Å². The molecule has 1 unspecified atom stereocenters. The number of anilines is 1. The average molecular weight is 441 g/mol. The van der Waals surface area contributed by atoms with Crippen LogP contribution in [0.25, 0.3) is 0 Å². The van der Waals surface area contributed by atoms with Crippen molar-refractivity contribution in [1.29, 1.82) is 0 Å². The number of carbonyl (C=O) groups excluding carboxylic acids is 4. The molecule has 4 amide bonds. The Hall–Kier alpha value is -3.21. The van der Waals surface area contributed by atoms with Gasteiger partial charge in [-0.25, -0.2) is 4.79 Å². The first kappa shape index (κ1) is 23.1. The second-order valence-electron chi connectivity index (χ2n) is 6.65. The molecule has 1 atom stereocenters. The number of hydrogen-bond acceptors (Lipinski definition) is 7. The van der Waals surface area contributed by atoms with E-state index in [0.29, 0.717) is 12.8 Å². The minimum atomic E-state index is -1.31. The van der Waals surface area contributed by atoms with Crippen LogP contribution in [0.5, 0.6) is 0 Å². The molecule has 1 aromatic carbocycles. The third-order valence-electron chi connectivity index (χ3n) is 4.84. The minimum absolute atomic E-state index is 0.0245. The summed E-state index contributed by atoms with van der Waals surface area (Å²) >= 11 is 5.92. The maximum Gasteiger partial charge on any atom is 0.327 e. The number of benzene rings is 1. The van der Waals surface area contributed by atoms with Crippen molar-refractivity contribution >= 4 is 46.8 Å². The first-order valence-corrected chi connectivity index (χ1v) is 9.50. The number of nitrogens with one attached hydrogen (secondary N) is 2. The monoisotopic (exact) mass is 440 g/mol. The number of nitrogens with zero attached hydrogens (tertiary/aromatic N) is 2. The maximum absolute atomic E-state index is 12.5. The molecule has 0 bridgehead atoms. The lowest BCUT2D eigenvalue weighted by Gasteiger charge is -2.23. The zero-order valence-electron chi connectivity index (χ0n) is 16.6. The first-order valence-electron chi connectivity index (χ1n) is 9.13. The van der Waals surface area contributed by atoms with Gasteiger partial charge in [0.05, 0.1) is 15.6 Å². The minimum Gasteiger partial charge on any atom is -0.451 e. The van der Waals surface area contributed by atoms with Crippen molar-refractivity contribution < 1.29 is 28.8 Å². The van der Waals surface area contributed by atoms with Gasteiger partial charge in [0.15, 0.2) is 6.10 Å². The lowest BCUT2D eigenvalue weighted by atomic mass is 9.93. The Kier molecular flexibility index (Phi) is 6.98. The zero-order valence-corrected chi connectivity index (χ0v) is 17.3. The molecule has 1 saturated heterocycles. The van der Waals surface area contributed by atoms with E-state index in [0.717, 1.165) is 11.0 Å². The van der Waals surface area contributed by atoms with Gasteiger partial charge in [-0.15, -0.1) is 0 Å². The first-order chi connectivity index (χ1) is 14.0. The predicted molar refractivity (Wildman–Crippen MR) is 106 cm³/mol. The molecule has 2 N–H and O–H groups in total. The fourth-order valence-electron chi connectivity index (χ4n) is 2.92. The summed E-state index contributed by atoms with van der Waals surface area (Å²) in [6, 6.07) is 2.78. The number of urea groups is 1. The topological polar surface area (TPSA) is 148 Å². The average Bonchev–Trinajstić information content (AvgIpc) is 2.93. The Labute approximate surface area is 176 Å². The van der Waals surface area contributed by atoms with E-state index in [1.807, 2.05) is 0 Å². The van der Waals surface area contributed by atoms with Crippen molar-refractivity contribution in [3.63, 3.8) is 0 Å². The number of halogens is 1. The van der Waals surface area contributed by atoms with Gasteiger partial charge in [-0.3, -0.25) is 29.4 Å². The molecule has 12 heteroatoms. The van der Waals surface area contributed by atoms with E-state index >= 15 is 0 Å². The summed E-state index contributed by atoms with van der Waals surface area (Å²) < 4.78 is 4.99. The normalized spacial score (nSPS) is 16.1. The van der Waals surface area contributed by atoms with Crippen LogP contribution in [0.1, 0.15) is 33.6 Å². The molecule has 1 aliphatic heterocycles. The molecule has 0 aliphatic carbocycles. The van der Waals surface area contributed by atoms with Crippen LogP contribution in [0.15, 0.2) is 18.2 Å². The summed E-state index contributed by atoms with van der Waals surface area (Å²) in [4.78, 5) is 60.0. The van der Waals surface area contributed by atoms with Crippen molar-refractivity contribution in [2.75, 3.05) is 11.9 Å². The number of hydrogen-bond donors (Lipinski definition) is 2. The molecule has 0 radical (unpaired) electrons. The quantitative estimate of drug-likeness (QED) is 0.272. The van der Waals surface area contributed by atoms with Gasteiger partial charge < -0.3 is 15.4 Å². The lowest BCUT2D eigenvalue weighted by molar-refractivity contribution is -0.384. The molecular weight excluding hydrogens is 420 g/mol. The summed E-state index contributed by atoms with van der Waals surface area (Å²) in [5.41, 5.74) is -1.36. The molecule has 0 spiro atoms. The molecule has 0 aromatic heterocycles. The number of non-ortho nitro benzene ring substituents is 1. The highest BCUT2D eigenvalue weighted by atomic mass is 35.5. The zero-order chi connectivity index (χ0) is 22.6. The van der Waals surface area contributed by atoms with E-state index in [1.54, 1.807) is 13.8 Å². The molecule has 1 heterocycles. The van der Waals surface area contributed by atoms with Crippen LogP contribution < -0.4 is 10.6 Å². The molecule has 11 nitrogen and oxygen atoms in total. The van der Waals surface area contributed by atoms with Crippen LogP contribution in [0.4, 0.5) is 16.2 Å². The molecule has 0 saturated carbocycles. The summed E-state index contributed by atoms with van der Waals surface area (Å²) in [6.07, 6.45) is -0.583. The van der Waals surface area contributed by atoms with Crippen molar-refractivity contribution in [3.05, 3.63) is 33.3 Å². The number of carbonyl (C=O) groups is 4. The van der Waals surface area contributed by atoms with Crippen molar-refractivity contribution in [3.8, 4) is 0 Å². The number of nitro benzene ring substituents is 1. The van der Waals surface area contributed by atoms with Crippen LogP contribution in [0, 0.1) is 10.1 Å². The smallest absolute Gasteiger partial charge is 0.327 e. The number of amides is 4. The number of ether oxygens (including phenoxy) is 1. The molecule has 162 valence electrons. The number of rotatable bonds is 8. The van der Waals surface area contributed by atoms with Gasteiger partial charge in [0, 0.05) is 12.1 Å². The van der Waals surface area contributed by atoms with E-state index in [9.17, 15) is 29.3 Å². The number of nitro groups is 1. The molecule has 30 heavy (non-hydrogen) atoms. The van der Waals surface area contributed by atoms with Crippen LogP contribution in [-0.2, 0) is 19.1 Å². The van der Waals surface area contributed by atoms with Gasteiger partial charge in [-0.2, -0.15) is 0 Å². The van der Waals surface area contributed by atoms with Crippen molar-refractivity contribution in [2.24, 2.45) is 0 Å². The van der Waals surface area contributed by atoms with E-state index in [4.69, 9.17) is 16.3 Å². The highest BCUT2D eigenvalue weighted by Crippen LogP contribution is 2.27. The fourth-order valence-corrected chi connectivity index (χ4v) is 3.09. The predicted octanol–water partition coefficient (Wildman–Crippen LogP) is 2.23. The van der Waals surface area contributed by atoms with Gasteiger partial charge >= 0.3 is 12.0 Å². The molecule has 2 rings (SSSR count). The SMILES string of the molecule is CCC1(CC)NC(=O)N(CC(=O)OC(C)C(=O)Nc2cc([N+](=O)[O-])ccc2Cl)C1=O. The van der Waals surface area contributed by atoms with E-state index in [-0.39, 0.29) is 16.4 Å². The Morgan fingerprint density at radius 1 is 1.33 bits per heavy atom. The third kappa shape index (κ3) is 4.67. The third-order valence-corrected chi connectivity index (χ3v) is 5.17. The van der Waals surface area contributed by atoms with Gasteiger partial charge in [0.2, 0.25) is 0 Å². The van der Waals surface area contributed by atoms with Gasteiger partial charge in [-0.1, -0.05) is 25.4 Å². The molecule has 1 fully saturated rings. The van der Waals surface area contributed by atoms with Gasteiger partial charge in [0.25, 0.3) is 17.5 Å². The largest absolute Gasteiger partial charge is 0.451 e. The van der Waals surface area contributed by atoms with Gasteiger partial charge in [-0.05, 0) is 25.8 Å². The Bertz CT molecular complexity index is 901. The van der Waals surface area contributed by atoms with Gasteiger partial charge in [0.1, 0.15) is 12.1 Å². The Balaban J connectivity index is 2.00. The summed E-state index contributed by atoms with van der Waals surface area (Å²) in [7, 11) is 0. The van der Waals surface area contributed by atoms with Crippen LogP contribution >= 0.6 is 11.6 Å².